The average molecular weight is 340 g/mol. The van der Waals surface area contributed by atoms with Crippen molar-refractivity contribution in [3.8, 4) is 0 Å². The lowest BCUT2D eigenvalue weighted by Gasteiger charge is -2.40. The van der Waals surface area contributed by atoms with Crippen molar-refractivity contribution < 1.29 is 0 Å². The van der Waals surface area contributed by atoms with Crippen molar-refractivity contribution in [3.05, 3.63) is 36.9 Å². The van der Waals surface area contributed by atoms with Crippen LogP contribution < -0.4 is 4.90 Å². The minimum atomic E-state index is 0.362. The molecular formula is C17H24N8. The summed E-state index contributed by atoms with van der Waals surface area (Å²) in [5.41, 5.74) is 2.07. The molecule has 3 aromatic heterocycles. The highest BCUT2D eigenvalue weighted by Gasteiger charge is 2.33. The summed E-state index contributed by atoms with van der Waals surface area (Å²) in [7, 11) is 6.37. The molecule has 8 heteroatoms. The molecule has 0 radical (unpaired) electrons. The van der Waals surface area contributed by atoms with E-state index in [0.717, 1.165) is 24.6 Å². The number of hydrogen-bond donors (Lipinski definition) is 0. The number of rotatable bonds is 4. The Kier molecular flexibility index (Phi) is 4.12. The summed E-state index contributed by atoms with van der Waals surface area (Å²) in [6.45, 7) is 2.04. The predicted molar refractivity (Wildman–Crippen MR) is 95.4 cm³/mol. The number of aromatic nitrogens is 6. The quantitative estimate of drug-likeness (QED) is 0.715. The van der Waals surface area contributed by atoms with E-state index in [1.807, 2.05) is 23.1 Å². The van der Waals surface area contributed by atoms with Gasteiger partial charge in [-0.25, -0.2) is 9.97 Å². The average Bonchev–Trinajstić information content (AvgIpc) is 3.23. The Balaban J connectivity index is 1.61. The summed E-state index contributed by atoms with van der Waals surface area (Å²) >= 11 is 0. The molecule has 0 N–H and O–H groups in total. The third-order valence-corrected chi connectivity index (χ3v) is 5.23. The van der Waals surface area contributed by atoms with Crippen LogP contribution in [0.4, 0.5) is 5.82 Å². The van der Waals surface area contributed by atoms with Crippen molar-refractivity contribution in [1.29, 1.82) is 0 Å². The predicted octanol–water partition coefficient (Wildman–Crippen LogP) is 1.38. The highest BCUT2D eigenvalue weighted by atomic mass is 15.3. The number of fused-ring (bicyclic) bond motifs is 1. The summed E-state index contributed by atoms with van der Waals surface area (Å²) in [4.78, 5) is 13.5. The van der Waals surface area contributed by atoms with Crippen molar-refractivity contribution in [2.45, 2.75) is 18.9 Å². The van der Waals surface area contributed by atoms with Gasteiger partial charge >= 0.3 is 0 Å². The van der Waals surface area contributed by atoms with E-state index >= 15 is 0 Å². The molecule has 4 heterocycles. The molecule has 0 spiro atoms. The molecule has 132 valence electrons. The first-order valence-corrected chi connectivity index (χ1v) is 8.67. The molecule has 2 atom stereocenters. The van der Waals surface area contributed by atoms with Gasteiger partial charge in [-0.15, -0.1) is 10.2 Å². The minimum absolute atomic E-state index is 0.362. The van der Waals surface area contributed by atoms with E-state index in [0.29, 0.717) is 12.0 Å². The van der Waals surface area contributed by atoms with Gasteiger partial charge in [-0.1, -0.05) is 0 Å². The van der Waals surface area contributed by atoms with Crippen molar-refractivity contribution in [3.63, 3.8) is 0 Å². The molecule has 0 amide bonds. The molecular weight excluding hydrogens is 316 g/mol. The standard InChI is InChI=1S/C17H24N8/c1-22-7-4-5-13(15(22)14-9-18-11-24(14)3)10-23(2)16-17-21-20-12-25(17)8-6-19-16/h6,8-9,11-13,15H,4-5,7,10H2,1-3H3/t13-,15+/m0/s1. The van der Waals surface area contributed by atoms with Crippen LogP contribution in [0.25, 0.3) is 5.65 Å². The normalized spacial score (nSPS) is 21.7. The maximum Gasteiger partial charge on any atom is 0.203 e. The van der Waals surface area contributed by atoms with E-state index < -0.39 is 0 Å². The largest absolute Gasteiger partial charge is 0.356 e. The molecule has 0 unspecified atom stereocenters. The van der Waals surface area contributed by atoms with Crippen molar-refractivity contribution >= 4 is 11.5 Å². The van der Waals surface area contributed by atoms with Crippen LogP contribution in [-0.4, -0.2) is 61.2 Å². The Bertz CT molecular complexity index is 853. The fraction of sp³-hybridized carbons (Fsp3) is 0.529. The van der Waals surface area contributed by atoms with Gasteiger partial charge in [0, 0.05) is 39.2 Å². The van der Waals surface area contributed by atoms with Crippen LogP contribution >= 0.6 is 0 Å². The summed E-state index contributed by atoms with van der Waals surface area (Å²) < 4.78 is 4.04. The van der Waals surface area contributed by atoms with Gasteiger partial charge in [-0.2, -0.15) is 0 Å². The molecule has 0 saturated carbocycles. The zero-order chi connectivity index (χ0) is 17.4. The van der Waals surface area contributed by atoms with Crippen LogP contribution in [0, 0.1) is 5.92 Å². The molecule has 0 aromatic carbocycles. The molecule has 25 heavy (non-hydrogen) atoms. The maximum absolute atomic E-state index is 4.54. The van der Waals surface area contributed by atoms with Gasteiger partial charge in [0.1, 0.15) is 6.33 Å². The Labute approximate surface area is 147 Å². The molecule has 0 aliphatic carbocycles. The van der Waals surface area contributed by atoms with E-state index in [4.69, 9.17) is 0 Å². The Hall–Kier alpha value is -2.48. The number of anilines is 1. The Morgan fingerprint density at radius 2 is 2.16 bits per heavy atom. The lowest BCUT2D eigenvalue weighted by Crippen LogP contribution is -2.42. The van der Waals surface area contributed by atoms with Crippen molar-refractivity contribution in [1.82, 2.24) is 34.0 Å². The second-order valence-electron chi connectivity index (χ2n) is 6.95. The van der Waals surface area contributed by atoms with Crippen LogP contribution in [0.5, 0.6) is 0 Å². The molecule has 1 saturated heterocycles. The maximum atomic E-state index is 4.54. The van der Waals surface area contributed by atoms with Crippen molar-refractivity contribution in [2.75, 3.05) is 32.1 Å². The number of likely N-dealkylation sites (tertiary alicyclic amines) is 1. The number of imidazole rings is 1. The highest BCUT2D eigenvalue weighted by Crippen LogP contribution is 2.35. The van der Waals surface area contributed by atoms with Crippen LogP contribution in [0.3, 0.4) is 0 Å². The third-order valence-electron chi connectivity index (χ3n) is 5.23. The first-order valence-electron chi connectivity index (χ1n) is 8.67. The fourth-order valence-corrected chi connectivity index (χ4v) is 4.02. The number of piperidine rings is 1. The van der Waals surface area contributed by atoms with Gasteiger partial charge in [0.2, 0.25) is 5.65 Å². The number of aryl methyl sites for hydroxylation is 1. The lowest BCUT2D eigenvalue weighted by molar-refractivity contribution is 0.119. The van der Waals surface area contributed by atoms with E-state index in [1.54, 1.807) is 12.5 Å². The van der Waals surface area contributed by atoms with Gasteiger partial charge in [-0.05, 0) is 32.4 Å². The van der Waals surface area contributed by atoms with Crippen LogP contribution in [0.1, 0.15) is 24.6 Å². The SMILES string of the molecule is CN(C[C@@H]1CCCN(C)[C@H]1c1cncn1C)c1nccn2cnnc12. The summed E-state index contributed by atoms with van der Waals surface area (Å²) in [5.74, 6) is 1.38. The molecule has 1 aliphatic rings. The fourth-order valence-electron chi connectivity index (χ4n) is 4.02. The third kappa shape index (κ3) is 2.86. The summed E-state index contributed by atoms with van der Waals surface area (Å²) in [6, 6.07) is 0.362. The Morgan fingerprint density at radius 1 is 1.28 bits per heavy atom. The highest BCUT2D eigenvalue weighted by molar-refractivity contribution is 5.62. The molecule has 8 nitrogen and oxygen atoms in total. The minimum Gasteiger partial charge on any atom is -0.356 e. The molecule has 0 bridgehead atoms. The molecule has 1 fully saturated rings. The zero-order valence-electron chi connectivity index (χ0n) is 14.9. The first-order chi connectivity index (χ1) is 12.1. The summed E-state index contributed by atoms with van der Waals surface area (Å²) in [6.07, 6.45) is 11.7. The van der Waals surface area contributed by atoms with E-state index in [-0.39, 0.29) is 0 Å². The topological polar surface area (TPSA) is 67.4 Å². The zero-order valence-corrected chi connectivity index (χ0v) is 14.9. The van der Waals surface area contributed by atoms with Gasteiger partial charge in [0.05, 0.1) is 18.1 Å². The molecule has 4 rings (SSSR count). The Morgan fingerprint density at radius 3 is 2.96 bits per heavy atom. The van der Waals surface area contributed by atoms with Crippen molar-refractivity contribution in [2.24, 2.45) is 13.0 Å². The van der Waals surface area contributed by atoms with E-state index in [2.05, 4.69) is 55.7 Å². The van der Waals surface area contributed by atoms with Crippen LogP contribution in [0.2, 0.25) is 0 Å². The first kappa shape index (κ1) is 16.0. The number of nitrogens with zero attached hydrogens (tertiary/aromatic N) is 8. The second kappa shape index (κ2) is 6.44. The molecule has 1 aliphatic heterocycles. The van der Waals surface area contributed by atoms with Crippen LogP contribution in [-0.2, 0) is 7.05 Å². The second-order valence-corrected chi connectivity index (χ2v) is 6.95. The van der Waals surface area contributed by atoms with Gasteiger partial charge in [0.15, 0.2) is 5.82 Å². The number of hydrogen-bond acceptors (Lipinski definition) is 6. The lowest BCUT2D eigenvalue weighted by atomic mass is 9.87. The monoisotopic (exact) mass is 340 g/mol. The molecule has 3 aromatic rings. The van der Waals surface area contributed by atoms with E-state index in [9.17, 15) is 0 Å². The van der Waals surface area contributed by atoms with E-state index in [1.165, 1.54) is 18.5 Å². The van der Waals surface area contributed by atoms with Gasteiger partial charge in [0.25, 0.3) is 0 Å². The summed E-state index contributed by atoms with van der Waals surface area (Å²) in [5, 5.41) is 8.21. The van der Waals surface area contributed by atoms with Gasteiger partial charge < -0.3 is 9.47 Å². The smallest absolute Gasteiger partial charge is 0.203 e. The van der Waals surface area contributed by atoms with Gasteiger partial charge in [-0.3, -0.25) is 9.30 Å². The van der Waals surface area contributed by atoms with Crippen LogP contribution in [0.15, 0.2) is 31.2 Å².